The molecular weight excluding hydrogens is 294 g/mol. The van der Waals surface area contributed by atoms with Crippen LogP contribution < -0.4 is 11.1 Å². The number of phenolic OH excluding ortho intramolecular Hbond substituents is 1. The number of hydrogen-bond donors (Lipinski definition) is 4. The summed E-state index contributed by atoms with van der Waals surface area (Å²) >= 11 is 0. The van der Waals surface area contributed by atoms with E-state index in [-0.39, 0.29) is 23.7 Å². The van der Waals surface area contributed by atoms with E-state index in [1.165, 1.54) is 0 Å². The fourth-order valence-electron chi connectivity index (χ4n) is 2.52. The van der Waals surface area contributed by atoms with E-state index >= 15 is 0 Å². The van der Waals surface area contributed by atoms with Crippen LogP contribution in [0.4, 0.5) is 0 Å². The Kier molecular flexibility index (Phi) is 3.02. The third-order valence-corrected chi connectivity index (χ3v) is 3.99. The highest BCUT2D eigenvalue weighted by molar-refractivity contribution is 6.06. The fraction of sp³-hybridized carbons (Fsp3) is 0.188. The molecule has 1 aliphatic rings. The van der Waals surface area contributed by atoms with Gasteiger partial charge in [-0.05, 0) is 36.8 Å². The number of hydrogen-bond acceptors (Lipinski definition) is 5. The Morgan fingerprint density at radius 3 is 2.78 bits per heavy atom. The molecule has 1 fully saturated rings. The van der Waals surface area contributed by atoms with Crippen molar-refractivity contribution in [2.24, 2.45) is 5.73 Å². The molecule has 5 N–H and O–H groups in total. The number of aromatic nitrogens is 3. The van der Waals surface area contributed by atoms with Crippen molar-refractivity contribution in [1.82, 2.24) is 20.5 Å². The molecule has 3 aromatic rings. The van der Waals surface area contributed by atoms with Crippen molar-refractivity contribution in [2.75, 3.05) is 0 Å². The number of carbonyl (C=O) groups is 1. The van der Waals surface area contributed by atoms with Gasteiger partial charge in [0, 0.05) is 17.6 Å². The molecule has 0 radical (unpaired) electrons. The molecule has 2 atom stereocenters. The number of aromatic amines is 1. The number of carbonyl (C=O) groups excluding carboxylic acids is 1. The Labute approximate surface area is 131 Å². The molecule has 0 bridgehead atoms. The van der Waals surface area contributed by atoms with Crippen molar-refractivity contribution < 1.29 is 9.90 Å². The smallest absolute Gasteiger partial charge is 0.252 e. The quantitative estimate of drug-likeness (QED) is 0.579. The Hall–Kier alpha value is -2.93. The molecule has 1 aromatic carbocycles. The Morgan fingerprint density at radius 1 is 1.35 bits per heavy atom. The maximum absolute atomic E-state index is 12.5. The zero-order valence-corrected chi connectivity index (χ0v) is 12.2. The van der Waals surface area contributed by atoms with E-state index in [1.807, 2.05) is 0 Å². The van der Waals surface area contributed by atoms with E-state index in [9.17, 15) is 9.90 Å². The van der Waals surface area contributed by atoms with Gasteiger partial charge in [0.2, 0.25) is 0 Å². The van der Waals surface area contributed by atoms with Crippen LogP contribution in [-0.4, -0.2) is 38.3 Å². The van der Waals surface area contributed by atoms with E-state index in [0.717, 1.165) is 12.0 Å². The first-order valence-electron chi connectivity index (χ1n) is 7.32. The number of aromatic hydroxyl groups is 1. The molecule has 1 aliphatic carbocycles. The van der Waals surface area contributed by atoms with Gasteiger partial charge in [0.25, 0.3) is 5.91 Å². The first-order valence-corrected chi connectivity index (χ1v) is 7.32. The lowest BCUT2D eigenvalue weighted by molar-refractivity contribution is 0.0952. The predicted molar refractivity (Wildman–Crippen MR) is 84.8 cm³/mol. The second-order valence-electron chi connectivity index (χ2n) is 5.71. The van der Waals surface area contributed by atoms with Gasteiger partial charge in [-0.1, -0.05) is 0 Å². The van der Waals surface area contributed by atoms with E-state index in [1.54, 1.807) is 36.5 Å². The number of nitrogens with two attached hydrogens (primary N) is 1. The molecule has 7 heteroatoms. The van der Waals surface area contributed by atoms with Crippen LogP contribution in [0, 0.1) is 0 Å². The molecule has 23 heavy (non-hydrogen) atoms. The molecule has 2 aromatic heterocycles. The number of nitrogens with one attached hydrogen (secondary N) is 2. The van der Waals surface area contributed by atoms with Crippen molar-refractivity contribution in [1.29, 1.82) is 0 Å². The summed E-state index contributed by atoms with van der Waals surface area (Å²) < 4.78 is 0. The molecule has 0 saturated heterocycles. The monoisotopic (exact) mass is 309 g/mol. The molecule has 1 saturated carbocycles. The van der Waals surface area contributed by atoms with Crippen LogP contribution in [0.3, 0.4) is 0 Å². The van der Waals surface area contributed by atoms with Gasteiger partial charge in [-0.25, -0.2) is 4.98 Å². The Balaban J connectivity index is 1.77. The van der Waals surface area contributed by atoms with E-state index in [2.05, 4.69) is 20.5 Å². The lowest BCUT2D eigenvalue weighted by Gasteiger charge is -2.08. The number of amides is 1. The highest BCUT2D eigenvalue weighted by atomic mass is 16.3. The zero-order chi connectivity index (χ0) is 16.0. The normalized spacial score (nSPS) is 19.7. The maximum Gasteiger partial charge on any atom is 0.252 e. The molecule has 116 valence electrons. The minimum Gasteiger partial charge on any atom is -0.508 e. The summed E-state index contributed by atoms with van der Waals surface area (Å²) in [6, 6.07) is 8.46. The Morgan fingerprint density at radius 2 is 2.09 bits per heavy atom. The number of fused-ring (bicyclic) bond motifs is 1. The maximum atomic E-state index is 12.5. The number of H-pyrrole nitrogens is 1. The topological polar surface area (TPSA) is 117 Å². The number of nitrogens with zero attached hydrogens (tertiary/aromatic N) is 2. The number of rotatable bonds is 3. The molecular formula is C16H15N5O2. The molecule has 1 amide bonds. The lowest BCUT2D eigenvalue weighted by Crippen LogP contribution is -2.29. The third kappa shape index (κ3) is 2.51. The average Bonchev–Trinajstić information content (AvgIpc) is 3.04. The summed E-state index contributed by atoms with van der Waals surface area (Å²) in [5.41, 5.74) is 8.23. The molecule has 2 heterocycles. The molecule has 0 aliphatic heterocycles. The van der Waals surface area contributed by atoms with Gasteiger partial charge in [-0.2, -0.15) is 5.10 Å². The van der Waals surface area contributed by atoms with Gasteiger partial charge in [-0.3, -0.25) is 9.89 Å². The molecule has 4 rings (SSSR count). The van der Waals surface area contributed by atoms with Crippen molar-refractivity contribution in [2.45, 2.75) is 18.5 Å². The van der Waals surface area contributed by atoms with Crippen LogP contribution in [0.1, 0.15) is 16.8 Å². The minimum absolute atomic E-state index is 0.0368. The number of pyridine rings is 1. The van der Waals surface area contributed by atoms with Gasteiger partial charge in [-0.15, -0.1) is 0 Å². The molecule has 7 nitrogen and oxygen atoms in total. The van der Waals surface area contributed by atoms with Crippen LogP contribution in [0.2, 0.25) is 0 Å². The third-order valence-electron chi connectivity index (χ3n) is 3.99. The SMILES string of the molecule is N[C@@H]1C[C@H]1NC(=O)c1cc(-c2ccc(O)cc2)nc2[nH]ncc12. The molecule has 0 unspecified atom stereocenters. The van der Waals surface area contributed by atoms with Crippen LogP contribution >= 0.6 is 0 Å². The van der Waals surface area contributed by atoms with Gasteiger partial charge < -0.3 is 16.2 Å². The highest BCUT2D eigenvalue weighted by Gasteiger charge is 2.35. The first kappa shape index (κ1) is 13.7. The number of phenols is 1. The summed E-state index contributed by atoms with van der Waals surface area (Å²) in [6.45, 7) is 0. The van der Waals surface area contributed by atoms with Gasteiger partial charge in [0.1, 0.15) is 5.75 Å². The lowest BCUT2D eigenvalue weighted by atomic mass is 10.1. The van der Waals surface area contributed by atoms with E-state index in [4.69, 9.17) is 5.73 Å². The Bertz CT molecular complexity index is 887. The van der Waals surface area contributed by atoms with Gasteiger partial charge >= 0.3 is 0 Å². The summed E-state index contributed by atoms with van der Waals surface area (Å²) in [7, 11) is 0. The fourth-order valence-corrected chi connectivity index (χ4v) is 2.52. The minimum atomic E-state index is -0.184. The standard InChI is InChI=1S/C16H15N5O2/c17-12-6-14(12)20-16(23)10-5-13(8-1-3-9(22)4-2-8)19-15-11(10)7-18-21-15/h1-5,7,12,14,22H,6,17H2,(H,20,23)(H,18,19,21)/t12-,14-/m1/s1. The van der Waals surface area contributed by atoms with Crippen molar-refractivity contribution >= 4 is 16.9 Å². The van der Waals surface area contributed by atoms with Crippen LogP contribution in [0.5, 0.6) is 5.75 Å². The summed E-state index contributed by atoms with van der Waals surface area (Å²) in [5.74, 6) is -0.00571. The van der Waals surface area contributed by atoms with Crippen molar-refractivity contribution in [3.63, 3.8) is 0 Å². The predicted octanol–water partition coefficient (Wildman–Crippen LogP) is 1.16. The summed E-state index contributed by atoms with van der Waals surface area (Å²) in [5, 5.41) is 19.8. The van der Waals surface area contributed by atoms with E-state index in [0.29, 0.717) is 22.3 Å². The van der Waals surface area contributed by atoms with Crippen LogP contribution in [-0.2, 0) is 0 Å². The van der Waals surface area contributed by atoms with Gasteiger partial charge in [0.15, 0.2) is 5.65 Å². The van der Waals surface area contributed by atoms with Crippen molar-refractivity contribution in [3.8, 4) is 17.0 Å². The van der Waals surface area contributed by atoms with E-state index < -0.39 is 0 Å². The summed E-state index contributed by atoms with van der Waals surface area (Å²) in [6.07, 6.45) is 2.39. The molecule has 0 spiro atoms. The van der Waals surface area contributed by atoms with Crippen LogP contribution in [0.25, 0.3) is 22.3 Å². The second kappa shape index (κ2) is 5.06. The first-order chi connectivity index (χ1) is 11.1. The summed E-state index contributed by atoms with van der Waals surface area (Å²) in [4.78, 5) is 17.0. The zero-order valence-electron chi connectivity index (χ0n) is 12.2. The largest absolute Gasteiger partial charge is 0.508 e. The average molecular weight is 309 g/mol. The highest BCUT2D eigenvalue weighted by Crippen LogP contribution is 2.26. The van der Waals surface area contributed by atoms with Crippen LogP contribution in [0.15, 0.2) is 36.5 Å². The van der Waals surface area contributed by atoms with Gasteiger partial charge in [0.05, 0.1) is 22.8 Å². The van der Waals surface area contributed by atoms with Crippen molar-refractivity contribution in [3.05, 3.63) is 42.1 Å². The number of benzene rings is 1. The second-order valence-corrected chi connectivity index (χ2v) is 5.71.